The number of carbonyl (C=O) groups excluding carboxylic acids is 2. The molecule has 0 saturated carbocycles. The number of anilines is 1. The van der Waals surface area contributed by atoms with E-state index in [-0.39, 0.29) is 19.7 Å². The summed E-state index contributed by atoms with van der Waals surface area (Å²) >= 11 is 3.66. The van der Waals surface area contributed by atoms with Gasteiger partial charge in [-0.15, -0.1) is 0 Å². The van der Waals surface area contributed by atoms with Crippen molar-refractivity contribution in [1.82, 2.24) is 4.90 Å². The SMILES string of the molecule is CC1(C)c2c(CO)cccc2N(CCOCCN(CC=O)CC=O)C12C=Nc1c(c(CBr)cc3ccccc13)O2. The number of ether oxygens (including phenoxy) is 2. The number of aliphatic imine (C=N–C) groups is 1. The fraction of sp³-hybridized carbons (Fsp3) is 0.387. The van der Waals surface area contributed by atoms with Crippen LogP contribution in [0, 0.1) is 0 Å². The Morgan fingerprint density at radius 1 is 1.07 bits per heavy atom. The van der Waals surface area contributed by atoms with Gasteiger partial charge in [0.25, 0.3) is 0 Å². The van der Waals surface area contributed by atoms with Gasteiger partial charge in [-0.2, -0.15) is 0 Å². The highest BCUT2D eigenvalue weighted by molar-refractivity contribution is 9.08. The maximum Gasteiger partial charge on any atom is 0.229 e. The minimum absolute atomic E-state index is 0.0820. The smallest absolute Gasteiger partial charge is 0.229 e. The van der Waals surface area contributed by atoms with Gasteiger partial charge < -0.3 is 29.1 Å². The lowest BCUT2D eigenvalue weighted by Crippen LogP contribution is -2.63. The van der Waals surface area contributed by atoms with Crippen LogP contribution in [0.1, 0.15) is 30.5 Å². The van der Waals surface area contributed by atoms with Crippen molar-refractivity contribution < 1.29 is 24.2 Å². The molecule has 1 atom stereocenters. The number of aliphatic hydroxyl groups excluding tert-OH is 1. The molecule has 1 N–H and O–H groups in total. The average Bonchev–Trinajstić information content (AvgIpc) is 3.14. The summed E-state index contributed by atoms with van der Waals surface area (Å²) in [6.45, 7) is 6.33. The zero-order chi connectivity index (χ0) is 28.3. The average molecular weight is 609 g/mol. The molecule has 2 aliphatic rings. The van der Waals surface area contributed by atoms with Crippen LogP contribution in [0.25, 0.3) is 10.8 Å². The molecule has 9 heteroatoms. The first-order valence-corrected chi connectivity index (χ1v) is 14.6. The molecule has 1 spiro atoms. The van der Waals surface area contributed by atoms with Gasteiger partial charge in [-0.3, -0.25) is 9.89 Å². The minimum atomic E-state index is -0.961. The summed E-state index contributed by atoms with van der Waals surface area (Å²) in [5, 5.41) is 13.0. The van der Waals surface area contributed by atoms with Gasteiger partial charge in [0.15, 0.2) is 5.75 Å². The Hall–Kier alpha value is -3.11. The summed E-state index contributed by atoms with van der Waals surface area (Å²) in [5.41, 5.74) is 3.15. The number of benzene rings is 3. The predicted molar refractivity (Wildman–Crippen MR) is 160 cm³/mol. The molecule has 0 fully saturated rings. The van der Waals surface area contributed by atoms with Gasteiger partial charge >= 0.3 is 0 Å². The Bertz CT molecular complexity index is 1430. The van der Waals surface area contributed by atoms with E-state index in [1.54, 1.807) is 4.90 Å². The molecule has 0 aliphatic carbocycles. The molecule has 0 bridgehead atoms. The third-order valence-corrected chi connectivity index (χ3v) is 8.61. The Labute approximate surface area is 242 Å². The van der Waals surface area contributed by atoms with Crippen LogP contribution < -0.4 is 9.64 Å². The number of carbonyl (C=O) groups is 2. The molecule has 210 valence electrons. The number of halogens is 1. The third kappa shape index (κ3) is 4.75. The standard InChI is InChI=1S/C31H34BrN3O5/c1-30(2)27-23(20-38)7-5-9-26(27)35(13-17-39-16-12-34(10-14-36)11-15-37)31(30)21-33-28-25-8-4-3-6-22(25)18-24(19-32)29(28)40-31/h3-9,14-15,18,21,38H,10-13,16-17,19-20H2,1-2H3. The molecule has 0 amide bonds. The van der Waals surface area contributed by atoms with E-state index >= 15 is 0 Å². The van der Waals surface area contributed by atoms with E-state index in [0.29, 0.717) is 31.6 Å². The Balaban J connectivity index is 1.50. The second-order valence-corrected chi connectivity index (χ2v) is 11.1. The van der Waals surface area contributed by atoms with E-state index in [4.69, 9.17) is 14.5 Å². The van der Waals surface area contributed by atoms with Crippen LogP contribution in [0.5, 0.6) is 5.75 Å². The number of alkyl halides is 1. The molecule has 0 saturated heterocycles. The van der Waals surface area contributed by atoms with E-state index in [1.165, 1.54) is 0 Å². The largest absolute Gasteiger partial charge is 0.459 e. The lowest BCUT2D eigenvalue weighted by Gasteiger charge is -2.46. The van der Waals surface area contributed by atoms with Crippen molar-refractivity contribution in [2.24, 2.45) is 4.99 Å². The molecule has 1 unspecified atom stereocenters. The second kappa shape index (κ2) is 11.8. The molecule has 0 aromatic heterocycles. The molecule has 3 aromatic rings. The summed E-state index contributed by atoms with van der Waals surface area (Å²) < 4.78 is 13.1. The minimum Gasteiger partial charge on any atom is -0.459 e. The van der Waals surface area contributed by atoms with Crippen LogP contribution in [0.4, 0.5) is 11.4 Å². The number of hydrogen-bond donors (Lipinski definition) is 1. The van der Waals surface area contributed by atoms with Crippen molar-refractivity contribution >= 4 is 56.9 Å². The first-order valence-electron chi connectivity index (χ1n) is 13.4. The number of rotatable bonds is 12. The molecule has 8 nitrogen and oxygen atoms in total. The van der Waals surface area contributed by atoms with E-state index in [1.807, 2.05) is 30.5 Å². The van der Waals surface area contributed by atoms with Gasteiger partial charge in [0, 0.05) is 35.1 Å². The molecule has 5 rings (SSSR count). The van der Waals surface area contributed by atoms with Crippen LogP contribution in [-0.4, -0.2) is 73.9 Å². The summed E-state index contributed by atoms with van der Waals surface area (Å²) in [7, 11) is 0. The topological polar surface area (TPSA) is 91.7 Å². The van der Waals surface area contributed by atoms with Crippen molar-refractivity contribution in [3.8, 4) is 5.75 Å². The van der Waals surface area contributed by atoms with Gasteiger partial charge in [-0.25, -0.2) is 0 Å². The Morgan fingerprint density at radius 2 is 1.85 bits per heavy atom. The lowest BCUT2D eigenvalue weighted by molar-refractivity contribution is -0.111. The molecular formula is C31H34BrN3O5. The number of nitrogens with zero attached hydrogens (tertiary/aromatic N) is 3. The molecule has 40 heavy (non-hydrogen) atoms. The zero-order valence-electron chi connectivity index (χ0n) is 22.8. The second-order valence-electron chi connectivity index (χ2n) is 10.6. The summed E-state index contributed by atoms with van der Waals surface area (Å²) in [4.78, 5) is 30.8. The van der Waals surface area contributed by atoms with E-state index in [9.17, 15) is 14.7 Å². The van der Waals surface area contributed by atoms with E-state index in [0.717, 1.165) is 57.2 Å². The highest BCUT2D eigenvalue weighted by atomic mass is 79.9. The number of aliphatic hydroxyl groups is 1. The van der Waals surface area contributed by atoms with Crippen LogP contribution in [0.15, 0.2) is 53.5 Å². The molecular weight excluding hydrogens is 574 g/mol. The number of hydrogen-bond acceptors (Lipinski definition) is 8. The fourth-order valence-electron chi connectivity index (χ4n) is 6.02. The first-order chi connectivity index (χ1) is 19.4. The predicted octanol–water partition coefficient (Wildman–Crippen LogP) is 4.53. The quantitative estimate of drug-likeness (QED) is 0.184. The van der Waals surface area contributed by atoms with Crippen LogP contribution in [-0.2, 0) is 31.7 Å². The van der Waals surface area contributed by atoms with Crippen molar-refractivity contribution in [2.45, 2.75) is 36.9 Å². The van der Waals surface area contributed by atoms with E-state index in [2.05, 4.69) is 58.9 Å². The van der Waals surface area contributed by atoms with Crippen LogP contribution in [0.2, 0.25) is 0 Å². The molecule has 2 aliphatic heterocycles. The normalized spacial score (nSPS) is 18.7. The Kier molecular flexibility index (Phi) is 8.37. The molecule has 0 radical (unpaired) electrons. The first kappa shape index (κ1) is 28.4. The van der Waals surface area contributed by atoms with E-state index < -0.39 is 11.1 Å². The maximum absolute atomic E-state index is 10.9. The molecule has 3 aromatic carbocycles. The third-order valence-electron chi connectivity index (χ3n) is 8.01. The number of aldehydes is 2. The van der Waals surface area contributed by atoms with Gasteiger partial charge in [0.1, 0.15) is 18.3 Å². The van der Waals surface area contributed by atoms with Crippen molar-refractivity contribution in [2.75, 3.05) is 44.3 Å². The maximum atomic E-state index is 10.9. The van der Waals surface area contributed by atoms with Gasteiger partial charge in [-0.1, -0.05) is 52.3 Å². The van der Waals surface area contributed by atoms with Crippen LogP contribution in [0.3, 0.4) is 0 Å². The zero-order valence-corrected chi connectivity index (χ0v) is 24.4. The highest BCUT2D eigenvalue weighted by Crippen LogP contribution is 2.56. The fourth-order valence-corrected chi connectivity index (χ4v) is 6.44. The van der Waals surface area contributed by atoms with Gasteiger partial charge in [-0.05, 0) is 42.5 Å². The summed E-state index contributed by atoms with van der Waals surface area (Å²) in [6, 6.07) is 16.3. The Morgan fingerprint density at radius 3 is 2.58 bits per heavy atom. The van der Waals surface area contributed by atoms with Gasteiger partial charge in [0.2, 0.25) is 5.72 Å². The summed E-state index contributed by atoms with van der Waals surface area (Å²) in [5.74, 6) is 0.744. The van der Waals surface area contributed by atoms with Gasteiger partial charge in [0.05, 0.1) is 44.5 Å². The van der Waals surface area contributed by atoms with Crippen molar-refractivity contribution in [3.63, 3.8) is 0 Å². The molecule has 2 heterocycles. The highest BCUT2D eigenvalue weighted by Gasteiger charge is 2.60. The summed E-state index contributed by atoms with van der Waals surface area (Å²) in [6.07, 6.45) is 3.49. The van der Waals surface area contributed by atoms with Crippen molar-refractivity contribution in [3.05, 3.63) is 65.2 Å². The van der Waals surface area contributed by atoms with Crippen molar-refractivity contribution in [1.29, 1.82) is 0 Å². The number of fused-ring (bicyclic) bond motifs is 4. The lowest BCUT2D eigenvalue weighted by atomic mass is 9.75. The van der Waals surface area contributed by atoms with Crippen LogP contribution >= 0.6 is 15.9 Å². The monoisotopic (exact) mass is 607 g/mol.